The molecule has 0 aromatic carbocycles. The minimum Gasteiger partial charge on any atom is -0.381 e. The van der Waals surface area contributed by atoms with E-state index in [-0.39, 0.29) is 4.57 Å². The molecule has 0 bridgehead atoms. The largest absolute Gasteiger partial charge is 0.490 e. The molecule has 2 unspecified atom stereocenters. The quantitative estimate of drug-likeness (QED) is 0.158. The first-order chi connectivity index (χ1) is 14.8. The molecule has 5 atom stereocenters. The summed E-state index contributed by atoms with van der Waals surface area (Å²) in [6.45, 7) is -1.44. The molecule has 1 aromatic heterocycles. The van der Waals surface area contributed by atoms with Crippen LogP contribution in [0.5, 0.6) is 0 Å². The number of phosphoric acid groups is 3. The van der Waals surface area contributed by atoms with Crippen molar-refractivity contribution >= 4 is 35.1 Å². The lowest BCUT2D eigenvalue weighted by atomic mass is 9.88. The molecule has 1 aliphatic heterocycles. The molecule has 0 radical (unpaired) electrons. The maximum atomic E-state index is 15.0. The van der Waals surface area contributed by atoms with E-state index in [1.165, 1.54) is 0 Å². The SMILES string of the molecule is O=c1ccn([C@@H]2O[C@H](COP(=O)(O)OP(=O)(O)OP(=O)(O)O)[C@](O)(CCCl)C2(F)F)c(=O)[nH]1. The van der Waals surface area contributed by atoms with Gasteiger partial charge in [-0.3, -0.25) is 18.9 Å². The maximum Gasteiger partial charge on any atom is 0.490 e. The molecule has 1 saturated heterocycles. The highest BCUT2D eigenvalue weighted by molar-refractivity contribution is 7.66. The van der Waals surface area contributed by atoms with Gasteiger partial charge in [0.05, 0.1) is 6.61 Å². The number of nitrogens with one attached hydrogen (secondary N) is 1. The monoisotopic (exact) mass is 566 g/mol. The summed E-state index contributed by atoms with van der Waals surface area (Å²) in [6, 6.07) is 0.695. The van der Waals surface area contributed by atoms with Crippen LogP contribution >= 0.6 is 35.1 Å². The number of nitrogens with zero attached hydrogens (tertiary/aromatic N) is 1. The Morgan fingerprint density at radius 1 is 1.15 bits per heavy atom. The summed E-state index contributed by atoms with van der Waals surface area (Å²) < 4.78 is 80.3. The predicted octanol–water partition coefficient (Wildman–Crippen LogP) is -0.227. The first-order valence-corrected chi connectivity index (χ1v) is 13.3. The van der Waals surface area contributed by atoms with Gasteiger partial charge in [0.2, 0.25) is 6.23 Å². The zero-order valence-corrected chi connectivity index (χ0v) is 19.2. The number of halogens is 3. The number of ether oxygens (including phenoxy) is 1. The number of H-pyrrole nitrogens is 1. The fraction of sp³-hybridized carbons (Fsp3) is 0.636. The minimum absolute atomic E-state index is 0.214. The average Bonchev–Trinajstić information content (AvgIpc) is 2.77. The van der Waals surface area contributed by atoms with Crippen LogP contribution in [0.25, 0.3) is 0 Å². The van der Waals surface area contributed by atoms with E-state index in [0.717, 1.165) is 0 Å². The molecule has 2 heterocycles. The summed E-state index contributed by atoms with van der Waals surface area (Å²) in [4.78, 5) is 60.3. The molecule has 0 saturated carbocycles. The number of phosphoric ester groups is 1. The van der Waals surface area contributed by atoms with Gasteiger partial charge in [-0.05, 0) is 6.42 Å². The van der Waals surface area contributed by atoms with Crippen molar-refractivity contribution in [2.24, 2.45) is 0 Å². The highest BCUT2D eigenvalue weighted by Crippen LogP contribution is 2.66. The second-order valence-corrected chi connectivity index (χ2v) is 11.2. The van der Waals surface area contributed by atoms with Crippen LogP contribution in [-0.4, -0.2) is 64.3 Å². The highest BCUT2D eigenvalue weighted by Gasteiger charge is 2.69. The number of alkyl halides is 3. The summed E-state index contributed by atoms with van der Waals surface area (Å²) in [5.41, 5.74) is -5.52. The summed E-state index contributed by atoms with van der Waals surface area (Å²) in [6.07, 6.45) is -5.07. The third kappa shape index (κ3) is 6.64. The number of aromatic nitrogens is 2. The lowest BCUT2D eigenvalue weighted by Gasteiger charge is -2.32. The topological polar surface area (TPSA) is 244 Å². The van der Waals surface area contributed by atoms with Crippen molar-refractivity contribution in [2.45, 2.75) is 30.3 Å². The van der Waals surface area contributed by atoms with Gasteiger partial charge in [0.15, 0.2) is 5.60 Å². The van der Waals surface area contributed by atoms with Gasteiger partial charge in [0.1, 0.15) is 6.10 Å². The molecule has 22 heteroatoms. The minimum atomic E-state index is -5.89. The Balaban J connectivity index is 2.30. The number of hydrogen-bond acceptors (Lipinski definition) is 10. The fourth-order valence-corrected chi connectivity index (χ4v) is 6.05. The third-order valence-electron chi connectivity index (χ3n) is 4.10. The normalized spacial score (nSPS) is 28.8. The molecule has 1 aliphatic rings. The summed E-state index contributed by atoms with van der Waals surface area (Å²) in [7, 11) is -17.3. The van der Waals surface area contributed by atoms with Crippen molar-refractivity contribution in [1.29, 1.82) is 0 Å². The van der Waals surface area contributed by atoms with Crippen molar-refractivity contribution in [3.05, 3.63) is 33.1 Å². The lowest BCUT2D eigenvalue weighted by molar-refractivity contribution is -0.187. The van der Waals surface area contributed by atoms with E-state index in [1.807, 2.05) is 0 Å². The standard InChI is InChI=1S/C11H16ClF2N2O14P3/c12-3-2-10(19)6(5-27-32(23,24)30-33(25,26)29-31(20,21)22)28-8(11(10,13)14)16-4-1-7(17)15-9(16)18/h1,4,6,8,19H,2-3,5H2,(H,23,24)(H,25,26)(H,15,17,18)(H2,20,21,22)/t6-,8-,10-/m1/s1. The molecule has 190 valence electrons. The highest BCUT2D eigenvalue weighted by atomic mass is 35.5. The van der Waals surface area contributed by atoms with Crippen molar-refractivity contribution in [1.82, 2.24) is 9.55 Å². The summed E-state index contributed by atoms with van der Waals surface area (Å²) in [5, 5.41) is 10.6. The molecule has 1 aromatic rings. The van der Waals surface area contributed by atoms with Crippen LogP contribution in [0, 0.1) is 0 Å². The fourth-order valence-electron chi connectivity index (χ4n) is 2.75. The number of hydrogen-bond donors (Lipinski definition) is 6. The Morgan fingerprint density at radius 2 is 1.76 bits per heavy atom. The van der Waals surface area contributed by atoms with E-state index in [4.69, 9.17) is 31.0 Å². The first kappa shape index (κ1) is 28.4. The molecule has 33 heavy (non-hydrogen) atoms. The Labute approximate surface area is 186 Å². The van der Waals surface area contributed by atoms with Gasteiger partial charge in [-0.1, -0.05) is 0 Å². The maximum absolute atomic E-state index is 15.0. The van der Waals surface area contributed by atoms with Gasteiger partial charge in [-0.2, -0.15) is 17.4 Å². The second kappa shape index (κ2) is 9.66. The van der Waals surface area contributed by atoms with Gasteiger partial charge in [0, 0.05) is 18.1 Å². The van der Waals surface area contributed by atoms with Crippen molar-refractivity contribution in [3.63, 3.8) is 0 Å². The summed E-state index contributed by atoms with van der Waals surface area (Å²) >= 11 is 5.45. The molecule has 6 N–H and O–H groups in total. The van der Waals surface area contributed by atoms with Crippen molar-refractivity contribution < 1.29 is 65.0 Å². The van der Waals surface area contributed by atoms with E-state index in [1.54, 1.807) is 4.98 Å². The number of rotatable bonds is 10. The van der Waals surface area contributed by atoms with Crippen LogP contribution in [0.4, 0.5) is 8.78 Å². The Kier molecular flexibility index (Phi) is 8.32. The summed E-state index contributed by atoms with van der Waals surface area (Å²) in [5.74, 6) is -4.91. The van der Waals surface area contributed by atoms with E-state index in [0.29, 0.717) is 12.3 Å². The van der Waals surface area contributed by atoms with Gasteiger partial charge in [-0.15, -0.1) is 11.6 Å². The third-order valence-corrected chi connectivity index (χ3v) is 8.09. The molecular formula is C11H16ClF2N2O14P3. The van der Waals surface area contributed by atoms with Gasteiger partial charge in [-0.25, -0.2) is 18.5 Å². The first-order valence-electron chi connectivity index (χ1n) is 8.25. The van der Waals surface area contributed by atoms with Crippen LogP contribution in [-0.2, 0) is 31.6 Å². The van der Waals surface area contributed by atoms with E-state index < -0.39 is 77.5 Å². The van der Waals surface area contributed by atoms with Gasteiger partial charge in [0.25, 0.3) is 5.56 Å². The smallest absolute Gasteiger partial charge is 0.381 e. The van der Waals surface area contributed by atoms with Gasteiger partial charge < -0.3 is 29.4 Å². The van der Waals surface area contributed by atoms with E-state index in [2.05, 4.69) is 13.1 Å². The number of aliphatic hydroxyl groups is 1. The Hall–Kier alpha value is -0.840. The van der Waals surface area contributed by atoms with Crippen LogP contribution in [0.3, 0.4) is 0 Å². The van der Waals surface area contributed by atoms with Crippen molar-refractivity contribution in [3.8, 4) is 0 Å². The van der Waals surface area contributed by atoms with E-state index in [9.17, 15) is 33.3 Å². The Bertz CT molecular complexity index is 1140. The zero-order valence-electron chi connectivity index (χ0n) is 15.8. The molecule has 16 nitrogen and oxygen atoms in total. The average molecular weight is 567 g/mol. The molecule has 0 amide bonds. The van der Waals surface area contributed by atoms with Crippen LogP contribution in [0.15, 0.2) is 21.9 Å². The number of aromatic amines is 1. The van der Waals surface area contributed by atoms with Gasteiger partial charge >= 0.3 is 35.1 Å². The van der Waals surface area contributed by atoms with Crippen molar-refractivity contribution in [2.75, 3.05) is 12.5 Å². The van der Waals surface area contributed by atoms with Crippen LogP contribution in [0.1, 0.15) is 12.6 Å². The predicted molar refractivity (Wildman–Crippen MR) is 100 cm³/mol. The van der Waals surface area contributed by atoms with Crippen LogP contribution < -0.4 is 11.2 Å². The zero-order chi connectivity index (χ0) is 25.5. The molecule has 2 rings (SSSR count). The Morgan fingerprint density at radius 3 is 2.27 bits per heavy atom. The molecular weight excluding hydrogens is 550 g/mol. The lowest BCUT2D eigenvalue weighted by Crippen LogP contribution is -2.54. The second-order valence-electron chi connectivity index (χ2n) is 6.37. The molecule has 0 spiro atoms. The molecule has 0 aliphatic carbocycles. The van der Waals surface area contributed by atoms with E-state index >= 15 is 8.78 Å². The molecule has 1 fully saturated rings. The van der Waals surface area contributed by atoms with Crippen LogP contribution in [0.2, 0.25) is 0 Å².